The van der Waals surface area contributed by atoms with Crippen LogP contribution in [0, 0.1) is 13.8 Å². The minimum Gasteiger partial charge on any atom is -0.876 e. The third kappa shape index (κ3) is 73.0. The molecule has 0 spiro atoms. The van der Waals surface area contributed by atoms with E-state index < -0.39 is 0 Å². The van der Waals surface area contributed by atoms with Crippen LogP contribution >= 0.6 is 0 Å². The van der Waals surface area contributed by atoms with Crippen LogP contribution in [0.25, 0.3) is 0 Å². The van der Waals surface area contributed by atoms with Crippen LogP contribution in [0.3, 0.4) is 0 Å². The molecule has 0 rings (SSSR count). The van der Waals surface area contributed by atoms with E-state index in [1.165, 1.54) is 91.9 Å². The summed E-state index contributed by atoms with van der Waals surface area (Å²) < 4.78 is 0. The molecule has 0 aliphatic rings. The Morgan fingerprint density at radius 2 is 0.871 bits per heavy atom. The number of ketones is 2. The van der Waals surface area contributed by atoms with Gasteiger partial charge in [0.05, 0.1) is 0 Å². The Kier molecular flexibility index (Phi) is 47.9. The zero-order chi connectivity index (χ0) is 24.2. The van der Waals surface area contributed by atoms with Crippen LogP contribution in [0.5, 0.6) is 0 Å². The summed E-state index contributed by atoms with van der Waals surface area (Å²) in [6.07, 6.45) is 18.1. The largest absolute Gasteiger partial charge is 4.00 e. The first-order valence-corrected chi connectivity index (χ1v) is 11.4. The van der Waals surface area contributed by atoms with Crippen molar-refractivity contribution in [3.63, 3.8) is 0 Å². The summed E-state index contributed by atoms with van der Waals surface area (Å²) in [5.74, 6) is -0.750. The fraction of sp³-hybridized carbons (Fsp3) is 0.692. The van der Waals surface area contributed by atoms with Crippen LogP contribution in [-0.4, -0.2) is 35.5 Å². The average Bonchev–Trinajstić information content (AvgIpc) is 2.62. The standard InChI is InChI=1S/2C8H17.2C5H8O2.Sn/c2*1-3-5-7-8-6-4-2;2*1-4(6)3-5(2)7;/h2*1,3-8H2,2H3;2*3,6H,1-2H3;/q2*-1;;;+4/p-2/b;;2*4-3-;. The molecule has 4 nitrogen and oxygen atoms in total. The van der Waals surface area contributed by atoms with Crippen LogP contribution in [0.4, 0.5) is 0 Å². The molecule has 0 N–H and O–H groups in total. The molecule has 31 heavy (non-hydrogen) atoms. The molecule has 0 saturated heterocycles. The first-order chi connectivity index (χ1) is 14.1. The van der Waals surface area contributed by atoms with Crippen molar-refractivity contribution in [3.8, 4) is 0 Å². The van der Waals surface area contributed by atoms with Crippen molar-refractivity contribution >= 4 is 35.5 Å². The molecule has 5 heteroatoms. The number of carbonyl (C=O) groups is 2. The average molecular weight is 543 g/mol. The smallest absolute Gasteiger partial charge is 0.876 e. The molecule has 0 heterocycles. The minimum atomic E-state index is -0.187. The maximum absolute atomic E-state index is 9.98. The van der Waals surface area contributed by atoms with E-state index in [-0.39, 0.29) is 47.0 Å². The monoisotopic (exact) mass is 544 g/mol. The van der Waals surface area contributed by atoms with Gasteiger partial charge in [0.25, 0.3) is 0 Å². The Bertz CT molecular complexity index is 369. The van der Waals surface area contributed by atoms with E-state index in [0.29, 0.717) is 0 Å². The van der Waals surface area contributed by atoms with Gasteiger partial charge in [-0.05, 0) is 26.0 Å². The van der Waals surface area contributed by atoms with E-state index in [1.807, 2.05) is 0 Å². The van der Waals surface area contributed by atoms with E-state index in [9.17, 15) is 19.8 Å². The molecule has 180 valence electrons. The summed E-state index contributed by atoms with van der Waals surface area (Å²) in [5.41, 5.74) is 0. The van der Waals surface area contributed by atoms with Gasteiger partial charge >= 0.3 is 23.9 Å². The molecule has 0 aliphatic carbocycles. The number of hydrogen-bond acceptors (Lipinski definition) is 4. The predicted molar refractivity (Wildman–Crippen MR) is 132 cm³/mol. The first kappa shape index (κ1) is 40.6. The van der Waals surface area contributed by atoms with E-state index in [4.69, 9.17) is 0 Å². The molecule has 0 fully saturated rings. The predicted octanol–water partition coefficient (Wildman–Crippen LogP) is 5.66. The zero-order valence-electron chi connectivity index (χ0n) is 21.2. The van der Waals surface area contributed by atoms with Crippen molar-refractivity contribution in [1.82, 2.24) is 0 Å². The fourth-order valence-electron chi connectivity index (χ4n) is 2.13. The van der Waals surface area contributed by atoms with E-state index in [2.05, 4.69) is 27.7 Å². The van der Waals surface area contributed by atoms with Gasteiger partial charge in [-0.15, -0.1) is 11.5 Å². The quantitative estimate of drug-likeness (QED) is 0.105. The molecular weight excluding hydrogens is 495 g/mol. The molecular formula is C26H48O4Sn. The van der Waals surface area contributed by atoms with Crippen molar-refractivity contribution in [2.24, 2.45) is 0 Å². The molecule has 0 saturated carbocycles. The number of carbonyl (C=O) groups excluding carboxylic acids is 2. The van der Waals surface area contributed by atoms with Crippen molar-refractivity contribution in [2.45, 2.75) is 119 Å². The Morgan fingerprint density at radius 3 is 1.00 bits per heavy atom. The van der Waals surface area contributed by atoms with Gasteiger partial charge in [-0.2, -0.15) is 12.8 Å². The molecule has 0 unspecified atom stereocenters. The second kappa shape index (κ2) is 36.6. The number of hydrogen-bond donors (Lipinski definition) is 0. The summed E-state index contributed by atoms with van der Waals surface area (Å²) in [7, 11) is 0. The second-order valence-corrected chi connectivity index (χ2v) is 7.27. The number of allylic oxidation sites excluding steroid dienone is 4. The summed E-state index contributed by atoms with van der Waals surface area (Å²) in [5, 5.41) is 20.0. The molecule has 0 aromatic rings. The summed E-state index contributed by atoms with van der Waals surface area (Å²) in [6.45, 7) is 17.4. The Hall–Kier alpha value is -0.781. The minimum absolute atomic E-state index is 0. The Balaban J connectivity index is -0.0000000961. The van der Waals surface area contributed by atoms with Crippen LogP contribution in [0.1, 0.15) is 119 Å². The Morgan fingerprint density at radius 1 is 0.613 bits per heavy atom. The third-order valence-electron chi connectivity index (χ3n) is 3.52. The SMILES string of the molecule is CC(=O)/C=C(/C)[O-].CC(=O)/C=C(/C)[O-].[CH2-]CCCCCCC.[CH2-]CCCCCCC.[Sn+4]. The van der Waals surface area contributed by atoms with Gasteiger partial charge in [0.1, 0.15) is 0 Å². The second-order valence-electron chi connectivity index (χ2n) is 7.27. The molecule has 0 aliphatic heterocycles. The summed E-state index contributed by atoms with van der Waals surface area (Å²) >= 11 is 0. The summed E-state index contributed by atoms with van der Waals surface area (Å²) in [6, 6.07) is 0. The van der Waals surface area contributed by atoms with E-state index in [0.717, 1.165) is 25.0 Å². The van der Waals surface area contributed by atoms with Crippen LogP contribution in [0.2, 0.25) is 0 Å². The zero-order valence-corrected chi connectivity index (χ0v) is 24.0. The van der Waals surface area contributed by atoms with Crippen LogP contribution in [0.15, 0.2) is 23.7 Å². The van der Waals surface area contributed by atoms with Gasteiger partial charge in [0, 0.05) is 0 Å². The molecule has 0 atom stereocenters. The van der Waals surface area contributed by atoms with Crippen LogP contribution < -0.4 is 10.2 Å². The Labute approximate surface area is 210 Å². The van der Waals surface area contributed by atoms with Gasteiger partial charge in [-0.1, -0.05) is 91.9 Å². The fourth-order valence-corrected chi connectivity index (χ4v) is 2.13. The van der Waals surface area contributed by atoms with Gasteiger partial charge in [-0.25, -0.2) is 0 Å². The normalized spacial score (nSPS) is 10.2. The molecule has 0 radical (unpaired) electrons. The topological polar surface area (TPSA) is 80.3 Å². The molecule has 0 aromatic heterocycles. The van der Waals surface area contributed by atoms with Gasteiger partial charge in [0.15, 0.2) is 11.6 Å². The number of unbranched alkanes of at least 4 members (excludes halogenated alkanes) is 10. The molecule has 0 aromatic carbocycles. The first-order valence-electron chi connectivity index (χ1n) is 11.4. The maximum atomic E-state index is 9.98. The number of rotatable bonds is 12. The van der Waals surface area contributed by atoms with Crippen molar-refractivity contribution in [1.29, 1.82) is 0 Å². The van der Waals surface area contributed by atoms with Gasteiger partial charge < -0.3 is 24.1 Å². The van der Waals surface area contributed by atoms with E-state index >= 15 is 0 Å². The third-order valence-corrected chi connectivity index (χ3v) is 3.52. The van der Waals surface area contributed by atoms with Crippen molar-refractivity contribution in [3.05, 3.63) is 37.5 Å². The maximum Gasteiger partial charge on any atom is 4.00 e. The van der Waals surface area contributed by atoms with Crippen molar-refractivity contribution < 1.29 is 19.8 Å². The molecule has 0 bridgehead atoms. The van der Waals surface area contributed by atoms with Crippen LogP contribution in [-0.2, 0) is 9.59 Å². The van der Waals surface area contributed by atoms with E-state index in [1.54, 1.807) is 0 Å². The van der Waals surface area contributed by atoms with Gasteiger partial charge in [-0.3, -0.25) is 9.59 Å². The van der Waals surface area contributed by atoms with Crippen molar-refractivity contribution in [2.75, 3.05) is 0 Å². The summed E-state index contributed by atoms with van der Waals surface area (Å²) in [4.78, 5) is 20.0. The molecule has 0 amide bonds. The van der Waals surface area contributed by atoms with Gasteiger partial charge in [0.2, 0.25) is 0 Å².